The van der Waals surface area contributed by atoms with E-state index in [4.69, 9.17) is 24.1 Å². The largest absolute Gasteiger partial charge is 0.481 e. The maximum absolute atomic E-state index is 12.0. The third-order valence-electron chi connectivity index (χ3n) is 8.74. The molecule has 12 heteroatoms. The first kappa shape index (κ1) is 52.7. The highest BCUT2D eigenvalue weighted by molar-refractivity contribution is 5.78. The second-order valence-corrected chi connectivity index (χ2v) is 13.9. The van der Waals surface area contributed by atoms with Crippen LogP contribution in [0.25, 0.3) is 0 Å². The van der Waals surface area contributed by atoms with Gasteiger partial charge in [-0.25, -0.2) is 0 Å². The van der Waals surface area contributed by atoms with E-state index in [1.807, 2.05) is 13.8 Å². The Labute approximate surface area is 321 Å². The smallest absolute Gasteiger partial charge is 0.303 e. The average molecular weight is 759 g/mol. The number of hydrogen-bond donors (Lipinski definition) is 3. The number of ketones is 2. The molecule has 0 bridgehead atoms. The molecule has 0 heterocycles. The molecule has 53 heavy (non-hydrogen) atoms. The second-order valence-electron chi connectivity index (χ2n) is 13.9. The molecule has 2 amide bonds. The molecule has 0 aliphatic carbocycles. The summed E-state index contributed by atoms with van der Waals surface area (Å²) in [5.74, 6) is -0.203. The Morgan fingerprint density at radius 1 is 0.547 bits per heavy atom. The van der Waals surface area contributed by atoms with E-state index in [-0.39, 0.29) is 36.7 Å². The quantitative estimate of drug-likeness (QED) is 0.0539. The zero-order valence-electron chi connectivity index (χ0n) is 34.1. The fourth-order valence-electron chi connectivity index (χ4n) is 5.31. The van der Waals surface area contributed by atoms with Gasteiger partial charge in [-0.15, -0.1) is 0 Å². The molecule has 0 saturated carbocycles. The van der Waals surface area contributed by atoms with Gasteiger partial charge in [0.2, 0.25) is 11.8 Å². The number of carboxylic acids is 1. The minimum Gasteiger partial charge on any atom is -0.481 e. The van der Waals surface area contributed by atoms with Crippen molar-refractivity contribution >= 4 is 29.4 Å². The average Bonchev–Trinajstić information content (AvgIpc) is 3.12. The van der Waals surface area contributed by atoms with Gasteiger partial charge in [-0.3, -0.25) is 24.0 Å². The minimum atomic E-state index is -0.681. The molecular weight excluding hydrogens is 680 g/mol. The van der Waals surface area contributed by atoms with Crippen molar-refractivity contribution < 1.29 is 48.0 Å². The molecule has 0 spiro atoms. The number of nitrogens with one attached hydrogen (secondary N) is 2. The number of unbranched alkanes of at least 4 members (excludes halogenated alkanes) is 14. The van der Waals surface area contributed by atoms with Crippen molar-refractivity contribution in [2.45, 2.75) is 162 Å². The first-order chi connectivity index (χ1) is 25.6. The van der Waals surface area contributed by atoms with Crippen LogP contribution >= 0.6 is 0 Å². The van der Waals surface area contributed by atoms with E-state index < -0.39 is 5.97 Å². The van der Waals surface area contributed by atoms with Gasteiger partial charge in [-0.05, 0) is 45.4 Å². The highest BCUT2D eigenvalue weighted by Crippen LogP contribution is 2.14. The number of carboxylic acid groups (broad SMARTS) is 1. The monoisotopic (exact) mass is 759 g/mol. The van der Waals surface area contributed by atoms with Crippen LogP contribution in [0.3, 0.4) is 0 Å². The van der Waals surface area contributed by atoms with Crippen molar-refractivity contribution in [2.75, 3.05) is 66.4 Å². The van der Waals surface area contributed by atoms with Crippen LogP contribution < -0.4 is 10.6 Å². The first-order valence-electron chi connectivity index (χ1n) is 20.6. The van der Waals surface area contributed by atoms with Crippen LogP contribution in [-0.4, -0.2) is 101 Å². The summed E-state index contributed by atoms with van der Waals surface area (Å²) >= 11 is 0. The molecule has 3 N–H and O–H groups in total. The molecule has 0 unspecified atom stereocenters. The normalized spacial score (nSPS) is 11.4. The van der Waals surface area contributed by atoms with Crippen molar-refractivity contribution in [3.05, 3.63) is 0 Å². The first-order valence-corrected chi connectivity index (χ1v) is 20.6. The molecule has 12 nitrogen and oxygen atoms in total. The highest BCUT2D eigenvalue weighted by Gasteiger charge is 2.07. The van der Waals surface area contributed by atoms with Crippen molar-refractivity contribution in [2.24, 2.45) is 5.92 Å². The van der Waals surface area contributed by atoms with E-state index in [2.05, 4.69) is 10.6 Å². The number of carbonyl (C=O) groups excluding carboxylic acids is 4. The summed E-state index contributed by atoms with van der Waals surface area (Å²) in [6.07, 6.45) is 22.7. The molecule has 1 atom stereocenters. The lowest BCUT2D eigenvalue weighted by molar-refractivity contribution is -0.137. The Balaban J connectivity index is 0. The van der Waals surface area contributed by atoms with Crippen LogP contribution in [0.5, 0.6) is 0 Å². The molecular formula is C41H78N2O10. The number of hydrogen-bond acceptors (Lipinski definition) is 9. The van der Waals surface area contributed by atoms with E-state index in [0.717, 1.165) is 64.2 Å². The number of carbonyl (C=O) groups is 5. The summed E-state index contributed by atoms with van der Waals surface area (Å²) in [5.41, 5.74) is 0. The van der Waals surface area contributed by atoms with Gasteiger partial charge in [0.05, 0.1) is 19.8 Å². The fourth-order valence-corrected chi connectivity index (χ4v) is 5.31. The molecule has 0 rings (SSSR count). The number of Topliss-reactive ketones (excluding diaryl/α,β-unsaturated/α-hetero) is 2. The number of rotatable bonds is 39. The Bertz CT molecular complexity index is 887. The number of amides is 2. The topological polar surface area (TPSA) is 167 Å². The molecule has 0 aromatic rings. The summed E-state index contributed by atoms with van der Waals surface area (Å²) in [6.45, 7) is 9.33. The van der Waals surface area contributed by atoms with Crippen LogP contribution in [-0.2, 0) is 42.9 Å². The maximum atomic E-state index is 12.0. The Hall–Kier alpha value is -2.41. The number of methoxy groups -OCH3 is 1. The lowest BCUT2D eigenvalue weighted by atomic mass is 10.0. The summed E-state index contributed by atoms with van der Waals surface area (Å²) in [6, 6.07) is 0. The lowest BCUT2D eigenvalue weighted by Crippen LogP contribution is -2.30. The summed E-state index contributed by atoms with van der Waals surface area (Å²) < 4.78 is 20.7. The summed E-state index contributed by atoms with van der Waals surface area (Å²) in [4.78, 5) is 56.0. The Morgan fingerprint density at radius 2 is 1.02 bits per heavy atom. The van der Waals surface area contributed by atoms with Gasteiger partial charge in [-0.2, -0.15) is 0 Å². The standard InChI is InChI=1S/C28H53NO7.C13H25NO3/c1-34-22-20-29-27(31)25-36-24-23-35-21-16-18-26(30)17-14-12-10-8-6-4-2-3-5-7-9-11-13-15-19-28(32)33;1-4-9-17-10-13(16)14-8-6-5-7-11(2)12(3)15/h2-25H2,1H3,(H,29,31)(H,32,33);11H,4-10H2,1-3H3,(H,14,16)/t;11-/m.0/s1. The third-order valence-corrected chi connectivity index (χ3v) is 8.74. The van der Waals surface area contributed by atoms with E-state index >= 15 is 0 Å². The molecule has 0 aliphatic heterocycles. The third kappa shape index (κ3) is 45.7. The summed E-state index contributed by atoms with van der Waals surface area (Å²) in [7, 11) is 1.58. The van der Waals surface area contributed by atoms with Crippen LogP contribution in [0.2, 0.25) is 0 Å². The van der Waals surface area contributed by atoms with Crippen molar-refractivity contribution in [1.82, 2.24) is 10.6 Å². The molecule has 0 radical (unpaired) electrons. The van der Waals surface area contributed by atoms with Gasteiger partial charge in [0.15, 0.2) is 0 Å². The van der Waals surface area contributed by atoms with Crippen molar-refractivity contribution in [1.29, 1.82) is 0 Å². The lowest BCUT2D eigenvalue weighted by Gasteiger charge is -2.08. The van der Waals surface area contributed by atoms with E-state index in [1.54, 1.807) is 14.0 Å². The van der Waals surface area contributed by atoms with Gasteiger partial charge in [0.25, 0.3) is 0 Å². The van der Waals surface area contributed by atoms with E-state index in [9.17, 15) is 24.0 Å². The van der Waals surface area contributed by atoms with Crippen molar-refractivity contribution in [3.8, 4) is 0 Å². The van der Waals surface area contributed by atoms with Crippen LogP contribution in [0.4, 0.5) is 0 Å². The SMILES string of the molecule is CCCOCC(=O)NCCCC[C@H](C)C(C)=O.COCCNC(=O)COCCOCCCC(=O)CCCCCCCCCCCCCCCCC(=O)O. The zero-order chi connectivity index (χ0) is 39.6. The molecule has 0 fully saturated rings. The minimum absolute atomic E-state index is 0.0193. The molecule has 0 aromatic heterocycles. The number of aliphatic carboxylic acids is 1. The van der Waals surface area contributed by atoms with Crippen LogP contribution in [0, 0.1) is 5.92 Å². The zero-order valence-corrected chi connectivity index (χ0v) is 34.1. The van der Waals surface area contributed by atoms with E-state index in [0.29, 0.717) is 71.2 Å². The van der Waals surface area contributed by atoms with Gasteiger partial charge in [-0.1, -0.05) is 97.3 Å². The molecule has 0 saturated heterocycles. The predicted octanol–water partition coefficient (Wildman–Crippen LogP) is 7.38. The second kappa shape index (κ2) is 42.3. The highest BCUT2D eigenvalue weighted by atomic mass is 16.5. The number of ether oxygens (including phenoxy) is 4. The Kier molecular flexibility index (Phi) is 42.1. The molecule has 312 valence electrons. The maximum Gasteiger partial charge on any atom is 0.303 e. The van der Waals surface area contributed by atoms with Gasteiger partial charge < -0.3 is 34.7 Å². The summed E-state index contributed by atoms with van der Waals surface area (Å²) in [5, 5.41) is 14.1. The molecule has 0 aliphatic rings. The van der Waals surface area contributed by atoms with Gasteiger partial charge in [0, 0.05) is 58.6 Å². The fraction of sp³-hybridized carbons (Fsp3) is 0.878. The Morgan fingerprint density at radius 3 is 1.53 bits per heavy atom. The van der Waals surface area contributed by atoms with Gasteiger partial charge >= 0.3 is 5.97 Å². The van der Waals surface area contributed by atoms with Gasteiger partial charge in [0.1, 0.15) is 24.8 Å². The predicted molar refractivity (Wildman–Crippen MR) is 210 cm³/mol. The molecule has 0 aromatic carbocycles. The van der Waals surface area contributed by atoms with Crippen LogP contribution in [0.1, 0.15) is 162 Å². The van der Waals surface area contributed by atoms with E-state index in [1.165, 1.54) is 57.8 Å². The van der Waals surface area contributed by atoms with Crippen molar-refractivity contribution in [3.63, 3.8) is 0 Å². The van der Waals surface area contributed by atoms with Crippen LogP contribution in [0.15, 0.2) is 0 Å².